The number of rotatable bonds is 6. The van der Waals surface area contributed by atoms with E-state index in [1.165, 1.54) is 0 Å². The third kappa shape index (κ3) is 5.03. The van der Waals surface area contributed by atoms with E-state index in [1.54, 1.807) is 42.3 Å². The number of aryl methyl sites for hydroxylation is 1. The van der Waals surface area contributed by atoms with E-state index in [0.29, 0.717) is 17.3 Å². The topological polar surface area (TPSA) is 62.3 Å². The fourth-order valence-electron chi connectivity index (χ4n) is 2.24. The van der Waals surface area contributed by atoms with Gasteiger partial charge in [0.25, 0.3) is 11.8 Å². The molecule has 0 spiro atoms. The number of nitrogens with zero attached hydrogens (tertiary/aromatic N) is 2. The largest absolute Gasteiger partial charge is 0.340 e. The maximum Gasteiger partial charge on any atom is 0.274 e. The molecule has 0 saturated carbocycles. The van der Waals surface area contributed by atoms with Gasteiger partial charge in [-0.2, -0.15) is 0 Å². The van der Waals surface area contributed by atoms with Crippen LogP contribution in [0.4, 0.5) is 5.69 Å². The molecule has 132 valence electrons. The number of carbonyl (C=O) groups excluding carboxylic acids is 2. The van der Waals surface area contributed by atoms with Crippen LogP contribution < -0.4 is 5.32 Å². The highest BCUT2D eigenvalue weighted by molar-refractivity contribution is 6.31. The van der Waals surface area contributed by atoms with Crippen molar-refractivity contribution in [2.24, 2.45) is 0 Å². The van der Waals surface area contributed by atoms with Crippen LogP contribution in [0.15, 0.2) is 36.4 Å². The summed E-state index contributed by atoms with van der Waals surface area (Å²) in [5.41, 5.74) is 1.96. The number of pyridine rings is 1. The van der Waals surface area contributed by atoms with Crippen molar-refractivity contribution in [1.82, 2.24) is 9.88 Å². The summed E-state index contributed by atoms with van der Waals surface area (Å²) in [4.78, 5) is 30.6. The summed E-state index contributed by atoms with van der Waals surface area (Å²) in [7, 11) is 1.74. The zero-order chi connectivity index (χ0) is 18.4. The van der Waals surface area contributed by atoms with Crippen LogP contribution in [-0.2, 0) is 0 Å². The molecule has 25 heavy (non-hydrogen) atoms. The second-order valence-corrected chi connectivity index (χ2v) is 6.31. The van der Waals surface area contributed by atoms with Gasteiger partial charge in [0.1, 0.15) is 11.4 Å². The number of amides is 2. The molecular weight excluding hydrogens is 338 g/mol. The smallest absolute Gasteiger partial charge is 0.274 e. The van der Waals surface area contributed by atoms with Crippen LogP contribution in [0.5, 0.6) is 0 Å². The Kier molecular flexibility index (Phi) is 6.53. The van der Waals surface area contributed by atoms with Gasteiger partial charge in [0, 0.05) is 24.3 Å². The van der Waals surface area contributed by atoms with Gasteiger partial charge in [-0.1, -0.05) is 37.1 Å². The summed E-state index contributed by atoms with van der Waals surface area (Å²) < 4.78 is 0. The van der Waals surface area contributed by atoms with Crippen LogP contribution in [0.1, 0.15) is 46.3 Å². The van der Waals surface area contributed by atoms with Crippen molar-refractivity contribution in [2.75, 3.05) is 18.9 Å². The quantitative estimate of drug-likeness (QED) is 0.842. The Morgan fingerprint density at radius 1 is 1.20 bits per heavy atom. The van der Waals surface area contributed by atoms with Crippen LogP contribution in [0.25, 0.3) is 0 Å². The Hall–Kier alpha value is -2.40. The molecule has 0 aliphatic carbocycles. The number of anilines is 1. The first-order valence-corrected chi connectivity index (χ1v) is 8.60. The molecule has 0 unspecified atom stereocenters. The zero-order valence-corrected chi connectivity index (χ0v) is 15.4. The average molecular weight is 360 g/mol. The van der Waals surface area contributed by atoms with Crippen LogP contribution in [0, 0.1) is 6.92 Å². The third-order valence-corrected chi connectivity index (χ3v) is 4.23. The molecular formula is C19H22ClN3O2. The molecule has 0 aliphatic heterocycles. The molecule has 0 aliphatic rings. The van der Waals surface area contributed by atoms with E-state index in [4.69, 9.17) is 11.6 Å². The normalized spacial score (nSPS) is 10.4. The first-order chi connectivity index (χ1) is 11.9. The van der Waals surface area contributed by atoms with Gasteiger partial charge in [0.2, 0.25) is 0 Å². The maximum absolute atomic E-state index is 12.4. The molecule has 2 aromatic rings. The van der Waals surface area contributed by atoms with Crippen molar-refractivity contribution in [2.45, 2.75) is 26.7 Å². The molecule has 0 bridgehead atoms. The molecule has 1 heterocycles. The minimum absolute atomic E-state index is 0.187. The van der Waals surface area contributed by atoms with E-state index in [9.17, 15) is 9.59 Å². The summed E-state index contributed by atoms with van der Waals surface area (Å²) in [6, 6.07) is 10.1. The monoisotopic (exact) mass is 359 g/mol. The van der Waals surface area contributed by atoms with Gasteiger partial charge in [0.05, 0.1) is 0 Å². The number of unbranched alkanes of at least 4 members (excludes halogenated alkanes) is 1. The van der Waals surface area contributed by atoms with Gasteiger partial charge >= 0.3 is 0 Å². The SMILES string of the molecule is CCCCN(C)C(=O)c1cccc(C(=O)Nc2ccc(C)c(Cl)c2)n1. The van der Waals surface area contributed by atoms with Crippen LogP contribution in [-0.4, -0.2) is 35.3 Å². The Balaban J connectivity index is 2.13. The molecule has 5 nitrogen and oxygen atoms in total. The van der Waals surface area contributed by atoms with E-state index in [0.717, 1.165) is 18.4 Å². The lowest BCUT2D eigenvalue weighted by molar-refractivity contribution is 0.0787. The van der Waals surface area contributed by atoms with Crippen LogP contribution in [0.2, 0.25) is 5.02 Å². The average Bonchev–Trinajstić information content (AvgIpc) is 2.62. The minimum atomic E-state index is -0.384. The highest BCUT2D eigenvalue weighted by atomic mass is 35.5. The summed E-state index contributed by atoms with van der Waals surface area (Å²) in [6.07, 6.45) is 1.93. The fraction of sp³-hybridized carbons (Fsp3) is 0.316. The number of hydrogen-bond donors (Lipinski definition) is 1. The maximum atomic E-state index is 12.4. The lowest BCUT2D eigenvalue weighted by Crippen LogP contribution is -2.29. The van der Waals surface area contributed by atoms with Crippen molar-refractivity contribution < 1.29 is 9.59 Å². The summed E-state index contributed by atoms with van der Waals surface area (Å²) in [6.45, 7) is 4.62. The van der Waals surface area contributed by atoms with Gasteiger partial charge < -0.3 is 10.2 Å². The summed E-state index contributed by atoms with van der Waals surface area (Å²) in [5.74, 6) is -0.577. The second-order valence-electron chi connectivity index (χ2n) is 5.91. The lowest BCUT2D eigenvalue weighted by atomic mass is 10.2. The van der Waals surface area contributed by atoms with Crippen LogP contribution >= 0.6 is 11.6 Å². The highest BCUT2D eigenvalue weighted by Crippen LogP contribution is 2.20. The van der Waals surface area contributed by atoms with E-state index in [1.807, 2.05) is 13.0 Å². The number of carbonyl (C=O) groups is 2. The van der Waals surface area contributed by atoms with Crippen molar-refractivity contribution in [3.63, 3.8) is 0 Å². The predicted octanol–water partition coefficient (Wildman–Crippen LogP) is 4.17. The Morgan fingerprint density at radius 2 is 1.92 bits per heavy atom. The molecule has 0 radical (unpaired) electrons. The zero-order valence-electron chi connectivity index (χ0n) is 14.7. The molecule has 1 aromatic carbocycles. The number of aromatic nitrogens is 1. The number of hydrogen-bond acceptors (Lipinski definition) is 3. The van der Waals surface area contributed by atoms with Gasteiger partial charge in [-0.25, -0.2) is 4.98 Å². The molecule has 0 fully saturated rings. The summed E-state index contributed by atoms with van der Waals surface area (Å²) in [5, 5.41) is 3.32. The van der Waals surface area contributed by atoms with Gasteiger partial charge in [-0.05, 0) is 43.2 Å². The van der Waals surface area contributed by atoms with Crippen molar-refractivity contribution in [1.29, 1.82) is 0 Å². The Labute approximate surface area is 153 Å². The van der Waals surface area contributed by atoms with Crippen molar-refractivity contribution in [3.8, 4) is 0 Å². The summed E-state index contributed by atoms with van der Waals surface area (Å²) >= 11 is 6.07. The number of halogens is 1. The van der Waals surface area contributed by atoms with E-state index >= 15 is 0 Å². The third-order valence-electron chi connectivity index (χ3n) is 3.82. The van der Waals surface area contributed by atoms with Crippen molar-refractivity contribution >= 4 is 29.1 Å². The Bertz CT molecular complexity index is 777. The predicted molar refractivity (Wildman–Crippen MR) is 100 cm³/mol. The molecule has 0 saturated heterocycles. The first kappa shape index (κ1) is 18.9. The molecule has 0 atom stereocenters. The van der Waals surface area contributed by atoms with E-state index < -0.39 is 0 Å². The second kappa shape index (κ2) is 8.62. The molecule has 1 N–H and O–H groups in total. The van der Waals surface area contributed by atoms with Gasteiger partial charge in [-0.3, -0.25) is 9.59 Å². The Morgan fingerprint density at radius 3 is 2.60 bits per heavy atom. The minimum Gasteiger partial charge on any atom is -0.340 e. The van der Waals surface area contributed by atoms with Gasteiger partial charge in [-0.15, -0.1) is 0 Å². The molecule has 2 amide bonds. The van der Waals surface area contributed by atoms with E-state index in [2.05, 4.69) is 17.2 Å². The molecule has 6 heteroatoms. The molecule has 2 rings (SSSR count). The van der Waals surface area contributed by atoms with E-state index in [-0.39, 0.29) is 23.2 Å². The fourth-order valence-corrected chi connectivity index (χ4v) is 2.42. The highest BCUT2D eigenvalue weighted by Gasteiger charge is 2.15. The number of benzene rings is 1. The number of nitrogens with one attached hydrogen (secondary N) is 1. The molecule has 1 aromatic heterocycles. The van der Waals surface area contributed by atoms with Gasteiger partial charge in [0.15, 0.2) is 0 Å². The van der Waals surface area contributed by atoms with Crippen LogP contribution in [0.3, 0.4) is 0 Å². The standard InChI is InChI=1S/C19H22ClN3O2/c1-4-5-11-23(3)19(25)17-8-6-7-16(22-17)18(24)21-14-10-9-13(2)15(20)12-14/h6-10,12H,4-5,11H2,1-3H3,(H,21,24). The lowest BCUT2D eigenvalue weighted by Gasteiger charge is -2.16. The van der Waals surface area contributed by atoms with Crippen molar-refractivity contribution in [3.05, 3.63) is 58.4 Å². The first-order valence-electron chi connectivity index (χ1n) is 8.22.